The highest BCUT2D eigenvalue weighted by Crippen LogP contribution is 2.24. The van der Waals surface area contributed by atoms with Gasteiger partial charge in [-0.2, -0.15) is 0 Å². The van der Waals surface area contributed by atoms with Gasteiger partial charge in [0.2, 0.25) is 0 Å². The maximum absolute atomic E-state index is 12.1. The number of hydrogen-bond donors (Lipinski definition) is 2. The summed E-state index contributed by atoms with van der Waals surface area (Å²) in [5.74, 6) is 0.0137. The third kappa shape index (κ3) is 3.18. The summed E-state index contributed by atoms with van der Waals surface area (Å²) in [7, 11) is 3.74. The number of benzene rings is 1. The molecule has 1 unspecified atom stereocenters. The van der Waals surface area contributed by atoms with Gasteiger partial charge in [0.05, 0.1) is 6.10 Å². The number of para-hydroxylation sites is 1. The van der Waals surface area contributed by atoms with Crippen LogP contribution in [0.4, 0.5) is 0 Å². The number of rotatable bonds is 5. The van der Waals surface area contributed by atoms with Crippen molar-refractivity contribution >= 4 is 16.9 Å². The van der Waals surface area contributed by atoms with Crippen LogP contribution in [0.25, 0.3) is 11.0 Å². The normalized spacial score (nSPS) is 12.8. The molecule has 2 N–H and O–H groups in total. The average molecular weight is 276 g/mol. The Kier molecular flexibility index (Phi) is 4.42. The lowest BCUT2D eigenvalue weighted by molar-refractivity contribution is 0.0867. The number of aliphatic hydroxyl groups excluding tert-OH is 1. The molecule has 0 fully saturated rings. The molecule has 0 saturated heterocycles. The number of nitrogens with one attached hydrogen (secondary N) is 1. The molecule has 0 saturated carbocycles. The molecule has 1 heterocycles. The van der Waals surface area contributed by atoms with Crippen LogP contribution in [-0.4, -0.2) is 49.2 Å². The fraction of sp³-hybridized carbons (Fsp3) is 0.400. The molecule has 108 valence electrons. The number of nitrogens with zero attached hydrogens (tertiary/aromatic N) is 1. The molecule has 0 aliphatic rings. The van der Waals surface area contributed by atoms with E-state index in [1.165, 1.54) is 0 Å². The van der Waals surface area contributed by atoms with Gasteiger partial charge in [0, 0.05) is 24.0 Å². The zero-order chi connectivity index (χ0) is 14.7. The number of carbonyl (C=O) groups is 1. The van der Waals surface area contributed by atoms with E-state index in [0.717, 1.165) is 10.9 Å². The first-order valence-electron chi connectivity index (χ1n) is 6.58. The second-order valence-electron chi connectivity index (χ2n) is 5.18. The molecule has 5 heteroatoms. The Labute approximate surface area is 118 Å². The summed E-state index contributed by atoms with van der Waals surface area (Å²) in [4.78, 5) is 14.0. The molecular weight excluding hydrogens is 256 g/mol. The van der Waals surface area contributed by atoms with Gasteiger partial charge in [-0.15, -0.1) is 0 Å². The topological polar surface area (TPSA) is 65.7 Å². The Morgan fingerprint density at radius 1 is 1.40 bits per heavy atom. The van der Waals surface area contributed by atoms with Gasteiger partial charge in [-0.1, -0.05) is 18.2 Å². The van der Waals surface area contributed by atoms with Crippen LogP contribution in [0.1, 0.15) is 16.1 Å². The summed E-state index contributed by atoms with van der Waals surface area (Å²) in [6.07, 6.45) is -0.598. The van der Waals surface area contributed by atoms with Crippen LogP contribution in [0.5, 0.6) is 0 Å². The standard InChI is InChI=1S/C15H20N2O3/c1-10-12-6-4-5-7-13(12)20-14(10)15(19)16-8-11(18)9-17(2)3/h4-7,11,18H,8-9H2,1-3H3,(H,16,19). The fourth-order valence-electron chi connectivity index (χ4n) is 2.17. The molecule has 5 nitrogen and oxygen atoms in total. The number of carbonyl (C=O) groups excluding carboxylic acids is 1. The molecule has 0 aliphatic heterocycles. The third-order valence-electron chi connectivity index (χ3n) is 3.12. The maximum Gasteiger partial charge on any atom is 0.287 e. The van der Waals surface area contributed by atoms with Gasteiger partial charge in [0.25, 0.3) is 5.91 Å². The van der Waals surface area contributed by atoms with Crippen LogP contribution in [-0.2, 0) is 0 Å². The molecule has 0 bridgehead atoms. The van der Waals surface area contributed by atoms with Crippen molar-refractivity contribution < 1.29 is 14.3 Å². The molecule has 0 radical (unpaired) electrons. The number of amides is 1. The molecule has 2 rings (SSSR count). The quantitative estimate of drug-likeness (QED) is 0.866. The van der Waals surface area contributed by atoms with E-state index in [4.69, 9.17) is 4.42 Å². The Morgan fingerprint density at radius 3 is 2.75 bits per heavy atom. The minimum Gasteiger partial charge on any atom is -0.451 e. The first-order chi connectivity index (χ1) is 9.49. The van der Waals surface area contributed by atoms with E-state index in [-0.39, 0.29) is 12.5 Å². The van der Waals surface area contributed by atoms with Crippen molar-refractivity contribution in [2.75, 3.05) is 27.2 Å². The average Bonchev–Trinajstić information content (AvgIpc) is 2.73. The monoisotopic (exact) mass is 276 g/mol. The minimum atomic E-state index is -0.598. The Morgan fingerprint density at radius 2 is 2.10 bits per heavy atom. The van der Waals surface area contributed by atoms with E-state index in [2.05, 4.69) is 5.32 Å². The largest absolute Gasteiger partial charge is 0.451 e. The first-order valence-corrected chi connectivity index (χ1v) is 6.58. The second kappa shape index (κ2) is 6.07. The van der Waals surface area contributed by atoms with Crippen LogP contribution in [0, 0.1) is 6.92 Å². The summed E-state index contributed by atoms with van der Waals surface area (Å²) in [6, 6.07) is 7.53. The molecular formula is C15H20N2O3. The molecule has 1 aromatic heterocycles. The van der Waals surface area contributed by atoms with Crippen molar-refractivity contribution in [3.05, 3.63) is 35.6 Å². The highest BCUT2D eigenvalue weighted by atomic mass is 16.3. The van der Waals surface area contributed by atoms with E-state index in [1.807, 2.05) is 50.2 Å². The van der Waals surface area contributed by atoms with Gasteiger partial charge < -0.3 is 19.7 Å². The maximum atomic E-state index is 12.1. The van der Waals surface area contributed by atoms with E-state index in [0.29, 0.717) is 17.9 Å². The van der Waals surface area contributed by atoms with Crippen molar-refractivity contribution in [2.24, 2.45) is 0 Å². The lowest BCUT2D eigenvalue weighted by Crippen LogP contribution is -2.37. The van der Waals surface area contributed by atoms with E-state index in [1.54, 1.807) is 0 Å². The van der Waals surface area contributed by atoms with Crippen LogP contribution >= 0.6 is 0 Å². The zero-order valence-corrected chi connectivity index (χ0v) is 12.0. The summed E-state index contributed by atoms with van der Waals surface area (Å²) in [5.41, 5.74) is 1.52. The van der Waals surface area contributed by atoms with E-state index >= 15 is 0 Å². The molecule has 20 heavy (non-hydrogen) atoms. The zero-order valence-electron chi connectivity index (χ0n) is 12.0. The fourth-order valence-corrected chi connectivity index (χ4v) is 2.17. The van der Waals surface area contributed by atoms with Crippen LogP contribution in [0.3, 0.4) is 0 Å². The number of aryl methyl sites for hydroxylation is 1. The highest BCUT2D eigenvalue weighted by Gasteiger charge is 2.18. The van der Waals surface area contributed by atoms with Crippen molar-refractivity contribution in [2.45, 2.75) is 13.0 Å². The Bertz CT molecular complexity index is 604. The number of aliphatic hydroxyl groups is 1. The lowest BCUT2D eigenvalue weighted by atomic mass is 10.1. The van der Waals surface area contributed by atoms with Crippen molar-refractivity contribution in [3.8, 4) is 0 Å². The lowest BCUT2D eigenvalue weighted by Gasteiger charge is -2.16. The minimum absolute atomic E-state index is 0.202. The van der Waals surface area contributed by atoms with E-state index < -0.39 is 6.10 Å². The number of furan rings is 1. The molecule has 0 spiro atoms. The van der Waals surface area contributed by atoms with Crippen LogP contribution in [0.15, 0.2) is 28.7 Å². The first kappa shape index (κ1) is 14.6. The van der Waals surface area contributed by atoms with Crippen molar-refractivity contribution in [1.29, 1.82) is 0 Å². The SMILES string of the molecule is Cc1c(C(=O)NCC(O)CN(C)C)oc2ccccc12. The van der Waals surface area contributed by atoms with Gasteiger partial charge in [-0.25, -0.2) is 0 Å². The number of hydrogen-bond acceptors (Lipinski definition) is 4. The molecule has 1 atom stereocenters. The third-order valence-corrected chi connectivity index (χ3v) is 3.12. The molecule has 0 aliphatic carbocycles. The predicted octanol–water partition coefficient (Wildman–Crippen LogP) is 1.39. The van der Waals surface area contributed by atoms with E-state index in [9.17, 15) is 9.90 Å². The summed E-state index contributed by atoms with van der Waals surface area (Å²) in [6.45, 7) is 2.56. The van der Waals surface area contributed by atoms with Gasteiger partial charge in [0.15, 0.2) is 5.76 Å². The molecule has 1 amide bonds. The smallest absolute Gasteiger partial charge is 0.287 e. The van der Waals surface area contributed by atoms with Gasteiger partial charge in [-0.3, -0.25) is 4.79 Å². The Hall–Kier alpha value is -1.85. The number of likely N-dealkylation sites (N-methyl/N-ethyl adjacent to an activating group) is 1. The highest BCUT2D eigenvalue weighted by molar-refractivity contribution is 5.98. The molecule has 2 aromatic rings. The summed E-state index contributed by atoms with van der Waals surface area (Å²) in [5, 5.41) is 13.4. The van der Waals surface area contributed by atoms with Crippen molar-refractivity contribution in [3.63, 3.8) is 0 Å². The van der Waals surface area contributed by atoms with Crippen LogP contribution < -0.4 is 5.32 Å². The second-order valence-corrected chi connectivity index (χ2v) is 5.18. The van der Waals surface area contributed by atoms with Gasteiger partial charge >= 0.3 is 0 Å². The number of fused-ring (bicyclic) bond motifs is 1. The predicted molar refractivity (Wildman–Crippen MR) is 77.8 cm³/mol. The Balaban J connectivity index is 2.06. The summed E-state index contributed by atoms with van der Waals surface area (Å²) >= 11 is 0. The summed E-state index contributed by atoms with van der Waals surface area (Å²) < 4.78 is 5.57. The van der Waals surface area contributed by atoms with Crippen molar-refractivity contribution in [1.82, 2.24) is 10.2 Å². The van der Waals surface area contributed by atoms with Crippen LogP contribution in [0.2, 0.25) is 0 Å². The molecule has 1 aromatic carbocycles. The van der Waals surface area contributed by atoms with Gasteiger partial charge in [-0.05, 0) is 27.1 Å². The van der Waals surface area contributed by atoms with Gasteiger partial charge in [0.1, 0.15) is 5.58 Å².